The Kier molecular flexibility index (Phi) is 10.7. The number of hydrogen-bond acceptors (Lipinski definition) is 11. The van der Waals surface area contributed by atoms with E-state index in [2.05, 4.69) is 10.2 Å². The summed E-state index contributed by atoms with van der Waals surface area (Å²) in [5.74, 6) is -1.43. The fourth-order valence-electron chi connectivity index (χ4n) is 3.56. The highest BCUT2D eigenvalue weighted by atomic mass is 32.2. The summed E-state index contributed by atoms with van der Waals surface area (Å²) in [6.07, 6.45) is -2.96. The standard InChI is InChI=1S/C20H32N2O9S/c1-12(23)21-17-19(30-15(4)26)18(29-14(3)25)16(11-28-13(2)24)31-20(17)32-10-7-22-5-8-27-9-6-22/h16-20H,5-11H2,1-4H3,(H,21,23). The van der Waals surface area contributed by atoms with Crippen LogP contribution < -0.4 is 5.32 Å². The number of amides is 1. The van der Waals surface area contributed by atoms with Crippen molar-refractivity contribution in [2.45, 2.75) is 57.5 Å². The molecule has 5 unspecified atom stereocenters. The number of esters is 3. The molecule has 1 amide bonds. The molecule has 0 saturated carbocycles. The van der Waals surface area contributed by atoms with Gasteiger partial charge in [0.15, 0.2) is 12.2 Å². The molecule has 2 rings (SSSR count). The van der Waals surface area contributed by atoms with Gasteiger partial charge in [0.2, 0.25) is 5.91 Å². The minimum Gasteiger partial charge on any atom is -0.463 e. The van der Waals surface area contributed by atoms with Gasteiger partial charge < -0.3 is 29.0 Å². The number of ether oxygens (including phenoxy) is 5. The lowest BCUT2D eigenvalue weighted by Crippen LogP contribution is -2.65. The molecule has 0 spiro atoms. The number of thioether (sulfide) groups is 1. The number of nitrogens with one attached hydrogen (secondary N) is 1. The van der Waals surface area contributed by atoms with Crippen LogP contribution in [0.3, 0.4) is 0 Å². The Balaban J connectivity index is 2.22. The Bertz CT molecular complexity index is 671. The van der Waals surface area contributed by atoms with E-state index in [1.54, 1.807) is 0 Å². The van der Waals surface area contributed by atoms with Crippen molar-refractivity contribution in [1.82, 2.24) is 10.2 Å². The molecule has 0 aromatic carbocycles. The second-order valence-corrected chi connectivity index (χ2v) is 8.75. The molecule has 32 heavy (non-hydrogen) atoms. The SMILES string of the molecule is CC(=O)NC1C(SCCN2CCOCC2)OC(COC(C)=O)C(OC(C)=O)C1OC(C)=O. The maximum Gasteiger partial charge on any atom is 0.303 e. The highest BCUT2D eigenvalue weighted by Crippen LogP contribution is 2.32. The third-order valence-corrected chi connectivity index (χ3v) is 6.02. The van der Waals surface area contributed by atoms with E-state index in [4.69, 9.17) is 23.7 Å². The van der Waals surface area contributed by atoms with E-state index in [-0.39, 0.29) is 12.5 Å². The molecule has 2 saturated heterocycles. The molecule has 0 aliphatic carbocycles. The number of rotatable bonds is 9. The summed E-state index contributed by atoms with van der Waals surface area (Å²) in [5.41, 5.74) is -0.628. The normalized spacial score (nSPS) is 28.4. The van der Waals surface area contributed by atoms with Gasteiger partial charge in [-0.05, 0) is 0 Å². The maximum atomic E-state index is 11.9. The summed E-state index contributed by atoms with van der Waals surface area (Å²) in [5, 5.41) is 2.77. The molecule has 11 nitrogen and oxygen atoms in total. The van der Waals surface area contributed by atoms with Crippen molar-refractivity contribution in [1.29, 1.82) is 0 Å². The smallest absolute Gasteiger partial charge is 0.303 e. The molecule has 0 aromatic heterocycles. The van der Waals surface area contributed by atoms with Crippen LogP contribution in [0, 0.1) is 0 Å². The van der Waals surface area contributed by atoms with Crippen molar-refractivity contribution in [3.63, 3.8) is 0 Å². The number of carbonyl (C=O) groups is 4. The second-order valence-electron chi connectivity index (χ2n) is 7.54. The highest BCUT2D eigenvalue weighted by molar-refractivity contribution is 7.99. The molecule has 0 aromatic rings. The van der Waals surface area contributed by atoms with Crippen molar-refractivity contribution in [3.05, 3.63) is 0 Å². The molecule has 12 heteroatoms. The molecular weight excluding hydrogens is 444 g/mol. The first-order chi connectivity index (χ1) is 15.2. The van der Waals surface area contributed by atoms with Gasteiger partial charge in [-0.25, -0.2) is 0 Å². The molecule has 5 atom stereocenters. The number of hydrogen-bond donors (Lipinski definition) is 1. The minimum absolute atomic E-state index is 0.196. The van der Waals surface area contributed by atoms with E-state index in [0.29, 0.717) is 19.0 Å². The number of nitrogens with zero attached hydrogens (tertiary/aromatic N) is 1. The van der Waals surface area contributed by atoms with Crippen molar-refractivity contribution in [2.24, 2.45) is 0 Å². The van der Waals surface area contributed by atoms with E-state index in [1.165, 1.54) is 39.5 Å². The second kappa shape index (κ2) is 13.0. The van der Waals surface area contributed by atoms with E-state index in [1.807, 2.05) is 0 Å². The summed E-state index contributed by atoms with van der Waals surface area (Å²) in [4.78, 5) is 49.1. The summed E-state index contributed by atoms with van der Waals surface area (Å²) < 4.78 is 27.5. The topological polar surface area (TPSA) is 130 Å². The van der Waals surface area contributed by atoms with Gasteiger partial charge in [0, 0.05) is 53.1 Å². The Morgan fingerprint density at radius 2 is 1.59 bits per heavy atom. The van der Waals surface area contributed by atoms with Crippen LogP contribution >= 0.6 is 11.8 Å². The Morgan fingerprint density at radius 3 is 2.16 bits per heavy atom. The van der Waals surface area contributed by atoms with Crippen molar-refractivity contribution in [2.75, 3.05) is 45.2 Å². The van der Waals surface area contributed by atoms with Crippen molar-refractivity contribution >= 4 is 35.6 Å². The van der Waals surface area contributed by atoms with Crippen LogP contribution in [-0.4, -0.2) is 104 Å². The molecule has 0 radical (unpaired) electrons. The first kappa shape index (κ1) is 26.4. The zero-order valence-electron chi connectivity index (χ0n) is 18.9. The van der Waals surface area contributed by atoms with Crippen LogP contribution in [-0.2, 0) is 42.9 Å². The lowest BCUT2D eigenvalue weighted by atomic mass is 9.97. The fraction of sp³-hybridized carbons (Fsp3) is 0.800. The van der Waals surface area contributed by atoms with Crippen molar-refractivity contribution in [3.8, 4) is 0 Å². The molecule has 2 fully saturated rings. The third kappa shape index (κ3) is 8.57. The molecule has 2 heterocycles. The van der Waals surface area contributed by atoms with Crippen LogP contribution in [0.25, 0.3) is 0 Å². The van der Waals surface area contributed by atoms with Gasteiger partial charge in [0.05, 0.1) is 13.2 Å². The monoisotopic (exact) mass is 476 g/mol. The highest BCUT2D eigenvalue weighted by Gasteiger charge is 2.50. The fourth-order valence-corrected chi connectivity index (χ4v) is 4.80. The van der Waals surface area contributed by atoms with Crippen LogP contribution in [0.15, 0.2) is 0 Å². The first-order valence-electron chi connectivity index (χ1n) is 10.5. The van der Waals surface area contributed by atoms with Gasteiger partial charge in [-0.3, -0.25) is 24.1 Å². The Hall–Kier alpha value is -1.89. The van der Waals surface area contributed by atoms with E-state index < -0.39 is 47.7 Å². The predicted octanol–water partition coefficient (Wildman–Crippen LogP) is -0.292. The van der Waals surface area contributed by atoms with Gasteiger partial charge in [0.25, 0.3) is 0 Å². The summed E-state index contributed by atoms with van der Waals surface area (Å²) in [6.45, 7) is 8.65. The lowest BCUT2D eigenvalue weighted by molar-refractivity contribution is -0.211. The quantitative estimate of drug-likeness (QED) is 0.348. The summed E-state index contributed by atoms with van der Waals surface area (Å²) in [6, 6.07) is -0.774. The first-order valence-corrected chi connectivity index (χ1v) is 11.5. The summed E-state index contributed by atoms with van der Waals surface area (Å²) >= 11 is 1.44. The van der Waals surface area contributed by atoms with Gasteiger partial charge in [-0.2, -0.15) is 0 Å². The van der Waals surface area contributed by atoms with Gasteiger partial charge in [-0.15, -0.1) is 11.8 Å². The Labute approximate surface area is 191 Å². The lowest BCUT2D eigenvalue weighted by Gasteiger charge is -2.45. The van der Waals surface area contributed by atoms with Crippen LogP contribution in [0.4, 0.5) is 0 Å². The number of morpholine rings is 1. The van der Waals surface area contributed by atoms with Crippen LogP contribution in [0.1, 0.15) is 27.7 Å². The molecule has 2 aliphatic rings. The summed E-state index contributed by atoms with van der Waals surface area (Å²) in [7, 11) is 0. The van der Waals surface area contributed by atoms with Crippen LogP contribution in [0.2, 0.25) is 0 Å². The van der Waals surface area contributed by atoms with Gasteiger partial charge in [0.1, 0.15) is 24.2 Å². The predicted molar refractivity (Wildman–Crippen MR) is 114 cm³/mol. The molecular formula is C20H32N2O9S. The zero-order valence-corrected chi connectivity index (χ0v) is 19.7. The van der Waals surface area contributed by atoms with Crippen LogP contribution in [0.5, 0.6) is 0 Å². The average molecular weight is 477 g/mol. The third-order valence-electron chi connectivity index (χ3n) is 4.86. The minimum atomic E-state index is -1.07. The van der Waals surface area contributed by atoms with Gasteiger partial charge >= 0.3 is 17.9 Å². The van der Waals surface area contributed by atoms with E-state index in [0.717, 1.165) is 19.6 Å². The average Bonchev–Trinajstić information content (AvgIpc) is 2.70. The Morgan fingerprint density at radius 1 is 0.969 bits per heavy atom. The maximum absolute atomic E-state index is 11.9. The van der Waals surface area contributed by atoms with Gasteiger partial charge in [-0.1, -0.05) is 0 Å². The molecule has 0 bridgehead atoms. The van der Waals surface area contributed by atoms with E-state index >= 15 is 0 Å². The zero-order chi connectivity index (χ0) is 23.7. The largest absolute Gasteiger partial charge is 0.463 e. The number of carbonyl (C=O) groups excluding carboxylic acids is 4. The van der Waals surface area contributed by atoms with E-state index in [9.17, 15) is 19.2 Å². The molecule has 2 aliphatic heterocycles. The van der Waals surface area contributed by atoms with Crippen molar-refractivity contribution < 1.29 is 42.9 Å². The molecule has 1 N–H and O–H groups in total. The molecule has 182 valence electrons.